The molecule has 0 rings (SSSR count). The second-order valence-electron chi connectivity index (χ2n) is 26.9. The number of nitrogens with zero attached hydrogens (tertiary/aromatic N) is 1. The molecule has 2 atom stereocenters. The molecule has 0 heterocycles. The molecular weight excluding hydrogens is 1200 g/mol. The van der Waals surface area contributed by atoms with Crippen LogP contribution in [0.15, 0.2) is 170 Å². The molecule has 0 amide bonds. The van der Waals surface area contributed by atoms with E-state index in [0.717, 1.165) is 135 Å². The van der Waals surface area contributed by atoms with Crippen LogP contribution >= 0.6 is 0 Å². The Bertz CT molecular complexity index is 2210. The van der Waals surface area contributed by atoms with Gasteiger partial charge in [-0.25, -0.2) is 0 Å². The highest BCUT2D eigenvalue weighted by molar-refractivity contribution is 5.70. The van der Waals surface area contributed by atoms with Gasteiger partial charge in [-0.1, -0.05) is 338 Å². The van der Waals surface area contributed by atoms with Crippen LogP contribution in [0.25, 0.3) is 0 Å². The Morgan fingerprint density at radius 2 is 0.557 bits per heavy atom. The molecule has 9 nitrogen and oxygen atoms in total. The third kappa shape index (κ3) is 77.9. The van der Waals surface area contributed by atoms with Crippen LogP contribution in [0.3, 0.4) is 0 Å². The molecule has 0 N–H and O–H groups in total. The van der Waals surface area contributed by atoms with Gasteiger partial charge in [0.2, 0.25) is 0 Å². The highest BCUT2D eigenvalue weighted by Crippen LogP contribution is 2.17. The van der Waals surface area contributed by atoms with Crippen molar-refractivity contribution in [2.75, 3.05) is 47.5 Å². The Morgan fingerprint density at radius 1 is 0.309 bits per heavy atom. The van der Waals surface area contributed by atoms with E-state index in [1.165, 1.54) is 141 Å². The zero-order valence-corrected chi connectivity index (χ0v) is 62.9. The van der Waals surface area contributed by atoms with Crippen LogP contribution in [0.1, 0.15) is 309 Å². The monoisotopic (exact) mass is 1340 g/mol. The number of carboxylic acid groups (broad SMARTS) is 1. The summed E-state index contributed by atoms with van der Waals surface area (Å²) in [4.78, 5) is 37.6. The smallest absolute Gasteiger partial charge is 0.306 e. The molecule has 0 aliphatic rings. The molecule has 0 saturated heterocycles. The van der Waals surface area contributed by atoms with E-state index in [9.17, 15) is 19.5 Å². The van der Waals surface area contributed by atoms with Gasteiger partial charge in [0.25, 0.3) is 0 Å². The quantitative estimate of drug-likeness (QED) is 0.0195. The Labute approximate surface area is 597 Å². The molecule has 0 aromatic carbocycles. The Kier molecular flexibility index (Phi) is 72.2. The molecule has 0 aromatic rings. The topological polar surface area (TPSA) is 111 Å². The van der Waals surface area contributed by atoms with Gasteiger partial charge >= 0.3 is 11.9 Å². The van der Waals surface area contributed by atoms with Crippen molar-refractivity contribution in [3.8, 4) is 0 Å². The number of hydrogen-bond donors (Lipinski definition) is 0. The summed E-state index contributed by atoms with van der Waals surface area (Å²) in [6.07, 6.45) is 112. The Morgan fingerprint density at radius 3 is 0.825 bits per heavy atom. The van der Waals surface area contributed by atoms with Crippen LogP contribution in [0.2, 0.25) is 0 Å². The molecule has 0 fully saturated rings. The van der Waals surface area contributed by atoms with Crippen molar-refractivity contribution in [1.82, 2.24) is 0 Å². The zero-order valence-electron chi connectivity index (χ0n) is 62.9. The van der Waals surface area contributed by atoms with Crippen molar-refractivity contribution in [2.45, 2.75) is 322 Å². The van der Waals surface area contributed by atoms with Gasteiger partial charge in [0.05, 0.1) is 40.3 Å². The second-order valence-corrected chi connectivity index (χ2v) is 26.9. The maximum atomic E-state index is 13.0. The highest BCUT2D eigenvalue weighted by Gasteiger charge is 2.22. The molecule has 2 unspecified atom stereocenters. The summed E-state index contributed by atoms with van der Waals surface area (Å²) < 4.78 is 22.8. The summed E-state index contributed by atoms with van der Waals surface area (Å²) in [5, 5.41) is 11.9. The molecule has 0 aliphatic carbocycles. The van der Waals surface area contributed by atoms with Crippen LogP contribution in [0.5, 0.6) is 0 Å². The Balaban J connectivity index is 4.08. The molecule has 0 radical (unpaired) electrons. The van der Waals surface area contributed by atoms with Gasteiger partial charge in [0.1, 0.15) is 13.2 Å². The predicted octanol–water partition coefficient (Wildman–Crippen LogP) is 24.0. The van der Waals surface area contributed by atoms with Crippen LogP contribution in [0.4, 0.5) is 0 Å². The average molecular weight is 1350 g/mol. The minimum atomic E-state index is -1.63. The zero-order chi connectivity index (χ0) is 70.4. The second kappa shape index (κ2) is 76.4. The summed E-state index contributed by atoms with van der Waals surface area (Å²) in [6.45, 7) is 4.52. The van der Waals surface area contributed by atoms with E-state index in [2.05, 4.69) is 184 Å². The number of rotatable bonds is 71. The minimum absolute atomic E-state index is 0.139. The molecule has 0 saturated carbocycles. The van der Waals surface area contributed by atoms with Crippen LogP contribution in [-0.4, -0.2) is 82.3 Å². The van der Waals surface area contributed by atoms with Crippen molar-refractivity contribution in [1.29, 1.82) is 0 Å². The summed E-state index contributed by atoms with van der Waals surface area (Å²) >= 11 is 0. The van der Waals surface area contributed by atoms with E-state index >= 15 is 0 Å². The fraction of sp³-hybridized carbons (Fsp3) is 0.648. The van der Waals surface area contributed by atoms with Gasteiger partial charge in [0.15, 0.2) is 12.4 Å². The molecule has 9 heteroatoms. The summed E-state index contributed by atoms with van der Waals surface area (Å²) in [5.74, 6) is -2.30. The lowest BCUT2D eigenvalue weighted by Gasteiger charge is -2.26. The van der Waals surface area contributed by atoms with Crippen molar-refractivity contribution in [2.24, 2.45) is 0 Å². The number of carbonyl (C=O) groups is 3. The van der Waals surface area contributed by atoms with E-state index in [1.54, 1.807) is 0 Å². The molecule has 0 aliphatic heterocycles. The van der Waals surface area contributed by atoms with Crippen LogP contribution in [-0.2, 0) is 33.3 Å². The van der Waals surface area contributed by atoms with Gasteiger partial charge in [-0.3, -0.25) is 9.59 Å². The average Bonchev–Trinajstić information content (AvgIpc) is 2.59. The van der Waals surface area contributed by atoms with E-state index in [1.807, 2.05) is 21.1 Å². The van der Waals surface area contributed by atoms with Gasteiger partial charge < -0.3 is 33.3 Å². The van der Waals surface area contributed by atoms with Gasteiger partial charge in [-0.2, -0.15) is 0 Å². The minimum Gasteiger partial charge on any atom is -0.545 e. The molecule has 550 valence electrons. The van der Waals surface area contributed by atoms with Gasteiger partial charge in [-0.05, 0) is 128 Å². The number of carbonyl (C=O) groups excluding carboxylic acids is 3. The first-order valence-electron chi connectivity index (χ1n) is 39.3. The van der Waals surface area contributed by atoms with Crippen LogP contribution in [0, 0.1) is 0 Å². The number of esters is 2. The standard InChI is InChI=1S/C88H145NO8/c1-6-8-10-12-14-16-18-20-22-24-26-28-30-32-34-36-38-40-41-42-43-44-45-47-48-50-52-54-56-58-60-62-64-66-68-70-72-74-76-78-85(90)95-82-84(83-96-88(87(92)93)94-81-80-89(3,4)5)97-86(91)79-77-75-73-71-69-67-65-63-61-59-57-55-53-51-49-46-39-37-35-33-31-29-27-25-23-21-19-17-15-13-11-9-7-2/h8-11,14-17,20-23,26-29,32-35,38-40,46,51,53,57,59,84,88H,6-7,12-13,18-19,24-25,30-31,36-37,41-45,47-50,52,54-56,58,60-83H2,1-5H3/b10-8-,11-9-,16-14-,17-15-,22-20-,23-21-,28-26-,29-27-,34-32-,35-33-,40-38-,46-39-,53-51-,59-57-. The number of ether oxygens (including phenoxy) is 4. The first-order chi connectivity index (χ1) is 47.6. The lowest BCUT2D eigenvalue weighted by molar-refractivity contribution is -0.870. The van der Waals surface area contributed by atoms with Crippen molar-refractivity contribution >= 4 is 17.9 Å². The third-order valence-corrected chi connectivity index (χ3v) is 16.5. The number of carboxylic acids is 1. The van der Waals surface area contributed by atoms with E-state index in [0.29, 0.717) is 17.4 Å². The van der Waals surface area contributed by atoms with Crippen molar-refractivity contribution in [3.05, 3.63) is 170 Å². The molecular formula is C88H145NO8. The summed E-state index contributed by atoms with van der Waals surface area (Å²) in [6, 6.07) is 0. The number of unbranched alkanes of at least 4 members (excludes halogenated alkanes) is 28. The fourth-order valence-corrected chi connectivity index (χ4v) is 10.6. The number of quaternary nitrogens is 1. The largest absolute Gasteiger partial charge is 0.545 e. The lowest BCUT2D eigenvalue weighted by Crippen LogP contribution is -2.44. The third-order valence-electron chi connectivity index (χ3n) is 16.5. The SMILES string of the molecule is CC/C=C\C/C=C\C/C=C\C/C=C\C/C=C\C/C=C\C/C=C\C/C=C\CCCCCCCCCCC(=O)OC(COC(=O)CCCCCCCCCCCCCCCCCCCCCC/C=C\C/C=C\C/C=C\C/C=C\C/C=C\C/C=C\CC)COC(OCC[N+](C)(C)C)C(=O)[O-]. The predicted molar refractivity (Wildman–Crippen MR) is 416 cm³/mol. The highest BCUT2D eigenvalue weighted by atomic mass is 16.7. The van der Waals surface area contributed by atoms with E-state index < -0.39 is 24.3 Å². The molecule has 97 heavy (non-hydrogen) atoms. The summed E-state index contributed by atoms with van der Waals surface area (Å²) in [5.41, 5.74) is 0. The fourth-order valence-electron chi connectivity index (χ4n) is 10.6. The number of allylic oxidation sites excluding steroid dienone is 28. The first-order valence-corrected chi connectivity index (χ1v) is 39.3. The van der Waals surface area contributed by atoms with Crippen LogP contribution < -0.4 is 5.11 Å². The number of aliphatic carboxylic acids is 1. The number of likely N-dealkylation sites (N-methyl/N-ethyl adjacent to an activating group) is 1. The number of hydrogen-bond acceptors (Lipinski definition) is 8. The lowest BCUT2D eigenvalue weighted by atomic mass is 10.0. The molecule has 0 bridgehead atoms. The molecule has 0 aromatic heterocycles. The van der Waals surface area contributed by atoms with E-state index in [-0.39, 0.29) is 38.6 Å². The Hall–Kier alpha value is -5.35. The van der Waals surface area contributed by atoms with Crippen molar-refractivity contribution in [3.63, 3.8) is 0 Å². The summed E-state index contributed by atoms with van der Waals surface area (Å²) in [7, 11) is 5.93. The first kappa shape index (κ1) is 91.6. The molecule has 0 spiro atoms. The normalized spacial score (nSPS) is 13.6. The maximum Gasteiger partial charge on any atom is 0.306 e. The maximum absolute atomic E-state index is 13.0. The van der Waals surface area contributed by atoms with Crippen molar-refractivity contribution < 1.29 is 42.9 Å². The van der Waals surface area contributed by atoms with Gasteiger partial charge in [-0.15, -0.1) is 0 Å². The van der Waals surface area contributed by atoms with E-state index in [4.69, 9.17) is 18.9 Å². The van der Waals surface area contributed by atoms with Gasteiger partial charge in [0, 0.05) is 12.8 Å².